The van der Waals surface area contributed by atoms with E-state index in [1.807, 2.05) is 6.07 Å². The molecule has 4 aromatic carbocycles. The number of allylic oxidation sites excluding steroid dienone is 2. The van der Waals surface area contributed by atoms with Crippen molar-refractivity contribution in [3.05, 3.63) is 153 Å². The van der Waals surface area contributed by atoms with Crippen LogP contribution in [0.4, 0.5) is 4.39 Å². The average molecular weight is 701 g/mol. The Balaban J connectivity index is 0.000000188. The highest BCUT2D eigenvalue weighted by molar-refractivity contribution is 7.80. The summed E-state index contributed by atoms with van der Waals surface area (Å²) < 4.78 is 13.5. The Morgan fingerprint density at radius 1 is 0.667 bits per heavy atom. The lowest BCUT2D eigenvalue weighted by Crippen LogP contribution is -2.44. The molecule has 2 atom stereocenters. The maximum atomic E-state index is 13.5. The summed E-state index contributed by atoms with van der Waals surface area (Å²) in [5.74, 6) is -0.700. The fraction of sp³-hybridized carbons (Fsp3) is 0.111. The Hall–Kier alpha value is -5.10. The second kappa shape index (κ2) is 14.8. The van der Waals surface area contributed by atoms with Crippen LogP contribution in [0.5, 0.6) is 11.5 Å². The van der Waals surface area contributed by atoms with Gasteiger partial charge in [-0.1, -0.05) is 60.1 Å². The summed E-state index contributed by atoms with van der Waals surface area (Å²) in [5, 5.41) is 32.9. The topological polar surface area (TPSA) is 123 Å². The smallest absolute Gasteiger partial charge is 0.193 e. The predicted molar refractivity (Wildman–Crippen MR) is 191 cm³/mol. The van der Waals surface area contributed by atoms with Crippen molar-refractivity contribution in [3.8, 4) is 11.5 Å². The number of hydrogen-bond donors (Lipinski definition) is 6. The van der Waals surface area contributed by atoms with Crippen molar-refractivity contribution in [1.82, 2.24) is 21.3 Å². The third-order valence-electron chi connectivity index (χ3n) is 7.61. The van der Waals surface area contributed by atoms with E-state index in [0.29, 0.717) is 48.9 Å². The molecule has 0 aliphatic carbocycles. The molecular weight excluding hydrogens is 671 g/mol. The fourth-order valence-corrected chi connectivity index (χ4v) is 6.20. The van der Waals surface area contributed by atoms with Crippen LogP contribution < -0.4 is 21.3 Å². The van der Waals surface area contributed by atoms with Gasteiger partial charge in [0.1, 0.15) is 17.3 Å². The zero-order chi connectivity index (χ0) is 34.5. The van der Waals surface area contributed by atoms with Gasteiger partial charge >= 0.3 is 0 Å². The lowest BCUT2D eigenvalue weighted by molar-refractivity contribution is 0.101. The van der Waals surface area contributed by atoms with Gasteiger partial charge in [-0.15, -0.1) is 0 Å². The van der Waals surface area contributed by atoms with E-state index in [1.54, 1.807) is 86.6 Å². The van der Waals surface area contributed by atoms with Crippen LogP contribution in [0.1, 0.15) is 57.8 Å². The highest BCUT2D eigenvalue weighted by atomic mass is 35.5. The van der Waals surface area contributed by atoms with Gasteiger partial charge in [-0.25, -0.2) is 4.39 Å². The molecule has 0 fully saturated rings. The maximum absolute atomic E-state index is 13.5. The summed E-state index contributed by atoms with van der Waals surface area (Å²) in [4.78, 5) is 26.0. The van der Waals surface area contributed by atoms with Crippen molar-refractivity contribution in [2.75, 3.05) is 0 Å². The summed E-state index contributed by atoms with van der Waals surface area (Å²) in [6.07, 6.45) is 0. The normalized spacial score (nSPS) is 17.2. The molecule has 244 valence electrons. The van der Waals surface area contributed by atoms with Crippen molar-refractivity contribution in [1.29, 1.82) is 0 Å². The van der Waals surface area contributed by atoms with Gasteiger partial charge in [-0.05, 0) is 97.9 Å². The molecule has 2 heterocycles. The number of halogens is 2. The lowest BCUT2D eigenvalue weighted by Gasteiger charge is -2.30. The van der Waals surface area contributed by atoms with E-state index in [1.165, 1.54) is 18.2 Å². The van der Waals surface area contributed by atoms with Gasteiger partial charge in [0.25, 0.3) is 0 Å². The van der Waals surface area contributed by atoms with Gasteiger partial charge in [-0.2, -0.15) is 0 Å². The first-order chi connectivity index (χ1) is 22.9. The molecule has 2 aliphatic heterocycles. The summed E-state index contributed by atoms with van der Waals surface area (Å²) >= 11 is 16.4. The number of phenolic OH excluding ortho intramolecular Hbond substituents is 2. The molecule has 6 N–H and O–H groups in total. The van der Waals surface area contributed by atoms with Crippen LogP contribution in [0.25, 0.3) is 0 Å². The SMILES string of the molecule is CC1=C(C(=O)c2cccc(Cl)c2)C(c2cccc(O)c2)NC(=S)N1.CC1=C(C(=O)c2cccc(F)c2)C(c2cccc(O)c2)NC(=S)N1. The monoisotopic (exact) mass is 700 g/mol. The first-order valence-corrected chi connectivity index (χ1v) is 15.9. The second-order valence-corrected chi connectivity index (χ2v) is 12.3. The van der Waals surface area contributed by atoms with Crippen molar-refractivity contribution in [2.24, 2.45) is 0 Å². The van der Waals surface area contributed by atoms with Crippen molar-refractivity contribution >= 4 is 57.8 Å². The molecule has 6 rings (SSSR count). The van der Waals surface area contributed by atoms with E-state index in [0.717, 1.165) is 5.56 Å². The average Bonchev–Trinajstić information content (AvgIpc) is 3.04. The Labute approximate surface area is 292 Å². The molecule has 4 aromatic rings. The molecule has 2 aliphatic rings. The maximum Gasteiger partial charge on any atom is 0.193 e. The second-order valence-electron chi connectivity index (χ2n) is 11.0. The van der Waals surface area contributed by atoms with Crippen molar-refractivity contribution < 1.29 is 24.2 Å². The highest BCUT2D eigenvalue weighted by Crippen LogP contribution is 2.32. The third kappa shape index (κ3) is 7.88. The minimum absolute atomic E-state index is 0.0916. The van der Waals surface area contributed by atoms with Gasteiger partial charge in [0.15, 0.2) is 21.8 Å². The Kier molecular flexibility index (Phi) is 10.5. The van der Waals surface area contributed by atoms with E-state index >= 15 is 0 Å². The number of thiocarbonyl (C=S) groups is 2. The van der Waals surface area contributed by atoms with Crippen LogP contribution in [0.2, 0.25) is 5.02 Å². The summed E-state index contributed by atoms with van der Waals surface area (Å²) in [5.41, 5.74) is 4.44. The van der Waals surface area contributed by atoms with Gasteiger partial charge in [0, 0.05) is 38.7 Å². The molecule has 0 saturated heterocycles. The molecule has 0 radical (unpaired) electrons. The van der Waals surface area contributed by atoms with Gasteiger partial charge in [0.2, 0.25) is 0 Å². The van der Waals surface area contributed by atoms with Gasteiger partial charge in [-0.3, -0.25) is 9.59 Å². The van der Waals surface area contributed by atoms with Crippen LogP contribution in [-0.2, 0) is 0 Å². The fourth-order valence-electron chi connectivity index (χ4n) is 5.47. The van der Waals surface area contributed by atoms with Crippen LogP contribution in [0, 0.1) is 5.82 Å². The minimum atomic E-state index is -0.526. The number of aromatic hydroxyl groups is 2. The number of Topliss-reactive ketones (excluding diaryl/α,β-unsaturated/α-hetero) is 2. The lowest BCUT2D eigenvalue weighted by atomic mass is 9.89. The Morgan fingerprint density at radius 3 is 1.54 bits per heavy atom. The quantitative estimate of drug-likeness (QED) is 0.0933. The number of phenols is 2. The molecular formula is C36H30ClFN4O4S2. The number of carbonyl (C=O) groups excluding carboxylic acids is 2. The molecule has 0 amide bonds. The van der Waals surface area contributed by atoms with Crippen molar-refractivity contribution in [3.63, 3.8) is 0 Å². The van der Waals surface area contributed by atoms with E-state index in [2.05, 4.69) is 21.3 Å². The molecule has 0 saturated carbocycles. The summed E-state index contributed by atoms with van der Waals surface area (Å²) in [6.45, 7) is 3.55. The molecule has 0 spiro atoms. The minimum Gasteiger partial charge on any atom is -0.508 e. The standard InChI is InChI=1S/C18H15ClN2O2S.C18H15FN2O2S/c2*1-10-15(17(23)12-5-2-6-13(19)8-12)16(21-18(24)20-10)11-4-3-7-14(22)9-11/h2*2-9,16,22H,1H3,(H2,20,21,24). The first-order valence-electron chi connectivity index (χ1n) is 14.7. The van der Waals surface area contributed by atoms with Crippen LogP contribution in [-0.4, -0.2) is 32.0 Å². The number of ketones is 2. The Bertz CT molecular complexity index is 1870. The predicted octanol–water partition coefficient (Wildman–Crippen LogP) is 6.93. The molecule has 48 heavy (non-hydrogen) atoms. The molecule has 0 aromatic heterocycles. The number of carbonyl (C=O) groups is 2. The van der Waals surface area contributed by atoms with Crippen LogP contribution >= 0.6 is 36.0 Å². The van der Waals surface area contributed by atoms with E-state index < -0.39 is 17.9 Å². The highest BCUT2D eigenvalue weighted by Gasteiger charge is 2.32. The third-order valence-corrected chi connectivity index (χ3v) is 8.28. The van der Waals surface area contributed by atoms with Crippen LogP contribution in [0.3, 0.4) is 0 Å². The van der Waals surface area contributed by atoms with Crippen molar-refractivity contribution in [2.45, 2.75) is 25.9 Å². The molecule has 0 bridgehead atoms. The van der Waals surface area contributed by atoms with E-state index in [9.17, 15) is 24.2 Å². The molecule has 12 heteroatoms. The first kappa shape index (κ1) is 34.2. The largest absolute Gasteiger partial charge is 0.508 e. The number of hydrogen-bond acceptors (Lipinski definition) is 6. The van der Waals surface area contributed by atoms with Gasteiger partial charge < -0.3 is 31.5 Å². The van der Waals surface area contributed by atoms with Gasteiger partial charge in [0.05, 0.1) is 12.1 Å². The summed E-state index contributed by atoms with van der Waals surface area (Å²) in [7, 11) is 0. The zero-order valence-corrected chi connectivity index (χ0v) is 28.1. The molecule has 2 unspecified atom stereocenters. The zero-order valence-electron chi connectivity index (χ0n) is 25.7. The number of rotatable bonds is 6. The number of benzene rings is 4. The summed E-state index contributed by atoms with van der Waals surface area (Å²) in [6, 6.07) is 24.8. The molecule has 8 nitrogen and oxygen atoms in total. The Morgan fingerprint density at radius 2 is 1.10 bits per heavy atom. The van der Waals surface area contributed by atoms with E-state index in [-0.39, 0.29) is 28.6 Å². The number of nitrogens with one attached hydrogen (secondary N) is 4. The van der Waals surface area contributed by atoms with Crippen LogP contribution in [0.15, 0.2) is 120 Å². The van der Waals surface area contributed by atoms with E-state index in [4.69, 9.17) is 36.0 Å².